The normalized spacial score (nSPS) is 12.2. The van der Waals surface area contributed by atoms with Gasteiger partial charge in [0.15, 0.2) is 5.75 Å². The molecule has 20 heavy (non-hydrogen) atoms. The van der Waals surface area contributed by atoms with Gasteiger partial charge in [-0.2, -0.15) is 0 Å². The second-order valence-electron chi connectivity index (χ2n) is 4.50. The Balaban J connectivity index is 2.32. The Morgan fingerprint density at radius 3 is 2.80 bits per heavy atom. The van der Waals surface area contributed by atoms with E-state index in [1.807, 2.05) is 22.9 Å². The van der Waals surface area contributed by atoms with Gasteiger partial charge in [-0.3, -0.25) is 10.1 Å². The highest BCUT2D eigenvalue weighted by atomic mass is 16.6. The second-order valence-corrected chi connectivity index (χ2v) is 4.50. The zero-order valence-electron chi connectivity index (χ0n) is 11.3. The fraction of sp³-hybridized carbons (Fsp3) is 0.286. The molecule has 0 spiro atoms. The van der Waals surface area contributed by atoms with Gasteiger partial charge in [0.05, 0.1) is 18.1 Å². The van der Waals surface area contributed by atoms with Crippen molar-refractivity contribution in [1.29, 1.82) is 0 Å². The van der Waals surface area contributed by atoms with Gasteiger partial charge in [0.1, 0.15) is 0 Å². The van der Waals surface area contributed by atoms with Crippen molar-refractivity contribution >= 4 is 5.69 Å². The maximum atomic E-state index is 11.0. The van der Waals surface area contributed by atoms with Crippen molar-refractivity contribution in [1.82, 2.24) is 4.57 Å². The maximum Gasteiger partial charge on any atom is 0.311 e. The lowest BCUT2D eigenvalue weighted by Crippen LogP contribution is -2.06. The topological polar surface area (TPSA) is 77.5 Å². The Hall–Kier alpha value is -2.34. The third-order valence-corrected chi connectivity index (χ3v) is 3.09. The van der Waals surface area contributed by atoms with Crippen LogP contribution in [0.15, 0.2) is 36.5 Å². The van der Waals surface area contributed by atoms with Crippen LogP contribution in [0.5, 0.6) is 5.75 Å². The average Bonchev–Trinajstić information content (AvgIpc) is 2.87. The summed E-state index contributed by atoms with van der Waals surface area (Å²) in [5.74, 6) is 0.238. The molecule has 0 aliphatic rings. The van der Waals surface area contributed by atoms with Gasteiger partial charge in [-0.25, -0.2) is 0 Å². The maximum absolute atomic E-state index is 11.0. The molecule has 6 heteroatoms. The molecule has 2 rings (SSSR count). The average molecular weight is 276 g/mol. The lowest BCUT2D eigenvalue weighted by molar-refractivity contribution is -0.385. The SMILES string of the molecule is COc1ccc(Cn2cccc2C(C)O)cc1[N+](=O)[O-]. The van der Waals surface area contributed by atoms with Gasteiger partial charge in [-0.05, 0) is 30.7 Å². The van der Waals surface area contributed by atoms with Gasteiger partial charge in [0.2, 0.25) is 0 Å². The van der Waals surface area contributed by atoms with Crippen LogP contribution in [0.3, 0.4) is 0 Å². The fourth-order valence-corrected chi connectivity index (χ4v) is 2.12. The van der Waals surface area contributed by atoms with Gasteiger partial charge < -0.3 is 14.4 Å². The minimum Gasteiger partial charge on any atom is -0.490 e. The highest BCUT2D eigenvalue weighted by molar-refractivity contribution is 5.48. The summed E-state index contributed by atoms with van der Waals surface area (Å²) in [6.45, 7) is 2.14. The number of aromatic nitrogens is 1. The summed E-state index contributed by atoms with van der Waals surface area (Å²) in [6, 6.07) is 8.50. The van der Waals surface area contributed by atoms with Gasteiger partial charge in [0, 0.05) is 24.5 Å². The molecule has 0 bridgehead atoms. The van der Waals surface area contributed by atoms with E-state index in [1.165, 1.54) is 13.2 Å². The zero-order valence-corrected chi connectivity index (χ0v) is 11.3. The van der Waals surface area contributed by atoms with E-state index in [-0.39, 0.29) is 11.4 Å². The number of benzene rings is 1. The molecule has 106 valence electrons. The minimum absolute atomic E-state index is 0.0595. The van der Waals surface area contributed by atoms with Gasteiger partial charge in [-0.15, -0.1) is 0 Å². The molecule has 0 aliphatic heterocycles. The first-order valence-corrected chi connectivity index (χ1v) is 6.17. The number of nitro benzene ring substituents is 1. The van der Waals surface area contributed by atoms with Crippen LogP contribution in [-0.4, -0.2) is 21.7 Å². The van der Waals surface area contributed by atoms with Gasteiger partial charge >= 0.3 is 5.69 Å². The molecular formula is C14H16N2O4. The van der Waals surface area contributed by atoms with E-state index in [4.69, 9.17) is 4.74 Å². The molecule has 0 radical (unpaired) electrons. The lowest BCUT2D eigenvalue weighted by atomic mass is 10.1. The monoisotopic (exact) mass is 276 g/mol. The first-order valence-electron chi connectivity index (χ1n) is 6.17. The molecule has 0 fully saturated rings. The van der Waals surface area contributed by atoms with Crippen molar-refractivity contribution in [2.75, 3.05) is 7.11 Å². The van der Waals surface area contributed by atoms with Crippen LogP contribution in [0.25, 0.3) is 0 Å². The van der Waals surface area contributed by atoms with E-state index in [9.17, 15) is 15.2 Å². The quantitative estimate of drug-likeness (QED) is 0.672. The van der Waals surface area contributed by atoms with E-state index in [1.54, 1.807) is 19.1 Å². The highest BCUT2D eigenvalue weighted by Gasteiger charge is 2.16. The van der Waals surface area contributed by atoms with E-state index in [0.717, 1.165) is 11.3 Å². The number of rotatable bonds is 5. The van der Waals surface area contributed by atoms with Gasteiger partial charge in [-0.1, -0.05) is 6.07 Å². The Morgan fingerprint density at radius 2 is 2.20 bits per heavy atom. The molecule has 0 amide bonds. The molecule has 1 unspecified atom stereocenters. The molecule has 1 N–H and O–H groups in total. The molecule has 1 aromatic heterocycles. The van der Waals surface area contributed by atoms with Crippen molar-refractivity contribution in [2.24, 2.45) is 0 Å². The van der Waals surface area contributed by atoms with E-state index < -0.39 is 11.0 Å². The zero-order chi connectivity index (χ0) is 14.7. The molecule has 0 saturated heterocycles. The van der Waals surface area contributed by atoms with E-state index in [2.05, 4.69) is 0 Å². The number of methoxy groups -OCH3 is 1. The van der Waals surface area contributed by atoms with Crippen molar-refractivity contribution in [3.8, 4) is 5.75 Å². The van der Waals surface area contributed by atoms with Crippen molar-refractivity contribution in [3.05, 3.63) is 57.9 Å². The van der Waals surface area contributed by atoms with Crippen LogP contribution in [-0.2, 0) is 6.54 Å². The summed E-state index contributed by atoms with van der Waals surface area (Å²) < 4.78 is 6.83. The predicted molar refractivity (Wildman–Crippen MR) is 73.8 cm³/mol. The Morgan fingerprint density at radius 1 is 1.45 bits per heavy atom. The summed E-state index contributed by atoms with van der Waals surface area (Å²) in [7, 11) is 1.40. The fourth-order valence-electron chi connectivity index (χ4n) is 2.12. The Labute approximate surface area is 116 Å². The molecule has 6 nitrogen and oxygen atoms in total. The first kappa shape index (κ1) is 14.1. The number of aliphatic hydroxyl groups is 1. The summed E-state index contributed by atoms with van der Waals surface area (Å²) in [6.07, 6.45) is 1.25. The van der Waals surface area contributed by atoms with E-state index >= 15 is 0 Å². The number of hydrogen-bond donors (Lipinski definition) is 1. The van der Waals surface area contributed by atoms with Crippen LogP contribution >= 0.6 is 0 Å². The van der Waals surface area contributed by atoms with Crippen molar-refractivity contribution in [3.63, 3.8) is 0 Å². The van der Waals surface area contributed by atoms with Gasteiger partial charge in [0.25, 0.3) is 0 Å². The standard InChI is InChI=1S/C14H16N2O4/c1-10(17)12-4-3-7-15(12)9-11-5-6-14(20-2)13(8-11)16(18)19/h3-8,10,17H,9H2,1-2H3. The van der Waals surface area contributed by atoms with Crippen LogP contribution in [0.4, 0.5) is 5.69 Å². The number of ether oxygens (including phenoxy) is 1. The smallest absolute Gasteiger partial charge is 0.311 e. The summed E-state index contributed by atoms with van der Waals surface area (Å²) in [5.41, 5.74) is 1.48. The lowest BCUT2D eigenvalue weighted by Gasteiger charge is -2.12. The number of nitro groups is 1. The number of nitrogens with zero attached hydrogens (tertiary/aromatic N) is 2. The van der Waals surface area contributed by atoms with Crippen molar-refractivity contribution in [2.45, 2.75) is 19.6 Å². The van der Waals surface area contributed by atoms with E-state index in [0.29, 0.717) is 6.54 Å². The number of aliphatic hydroxyl groups excluding tert-OH is 1. The highest BCUT2D eigenvalue weighted by Crippen LogP contribution is 2.28. The molecule has 2 aromatic rings. The minimum atomic E-state index is -0.585. The predicted octanol–water partition coefficient (Wildman–Crippen LogP) is 2.51. The van der Waals surface area contributed by atoms with Crippen LogP contribution in [0.1, 0.15) is 24.3 Å². The Bertz CT molecular complexity index is 619. The number of hydrogen-bond acceptors (Lipinski definition) is 4. The van der Waals surface area contributed by atoms with Crippen LogP contribution in [0.2, 0.25) is 0 Å². The molecule has 0 saturated carbocycles. The van der Waals surface area contributed by atoms with Crippen molar-refractivity contribution < 1.29 is 14.8 Å². The molecule has 1 atom stereocenters. The molecule has 0 aliphatic carbocycles. The molecule has 1 aromatic carbocycles. The Kier molecular flexibility index (Phi) is 4.05. The first-order chi connectivity index (χ1) is 9.52. The summed E-state index contributed by atoms with van der Waals surface area (Å²) in [5, 5.41) is 20.6. The third-order valence-electron chi connectivity index (χ3n) is 3.09. The molecule has 1 heterocycles. The summed E-state index contributed by atoms with van der Waals surface area (Å²) in [4.78, 5) is 10.5. The molecular weight excluding hydrogens is 260 g/mol. The van der Waals surface area contributed by atoms with Crippen LogP contribution < -0.4 is 4.74 Å². The van der Waals surface area contributed by atoms with Crippen LogP contribution in [0, 0.1) is 10.1 Å². The largest absolute Gasteiger partial charge is 0.490 e. The second kappa shape index (κ2) is 5.75. The third kappa shape index (κ3) is 2.80. The summed E-state index contributed by atoms with van der Waals surface area (Å²) >= 11 is 0.